The summed E-state index contributed by atoms with van der Waals surface area (Å²) >= 11 is 0. The van der Waals surface area contributed by atoms with Gasteiger partial charge in [-0.1, -0.05) is 60.1 Å². The van der Waals surface area contributed by atoms with Crippen molar-refractivity contribution in [3.8, 4) is 0 Å². The predicted octanol–water partition coefficient (Wildman–Crippen LogP) is 7.05. The van der Waals surface area contributed by atoms with Crippen LogP contribution in [0.4, 0.5) is 4.39 Å². The fourth-order valence-electron chi connectivity index (χ4n) is 2.10. The van der Waals surface area contributed by atoms with Crippen LogP contribution in [0.5, 0.6) is 0 Å². The van der Waals surface area contributed by atoms with Gasteiger partial charge in [0.25, 0.3) is 0 Å². The van der Waals surface area contributed by atoms with Crippen LogP contribution < -0.4 is 0 Å². The standard InChI is InChI=1S/C23H35FO3.C4H6O/c1-16(2)10-11-17(3)18(4)14-22(24)20(6)19(5)15-23(21(7)26-9)27-13-12-25-8;1-4(2)3-5/h14-17H,4-7,10-13H2,1-3,8-9H3;3H,1H2,2H3/b22-14+,23-15+;. The Morgan fingerprint density at radius 1 is 0.969 bits per heavy atom. The molecule has 0 fully saturated rings. The highest BCUT2D eigenvalue weighted by Gasteiger charge is 2.12. The van der Waals surface area contributed by atoms with Gasteiger partial charge in [0.05, 0.1) is 13.7 Å². The Hall–Kier alpha value is -2.66. The lowest BCUT2D eigenvalue weighted by molar-refractivity contribution is -0.104. The molecule has 0 saturated carbocycles. The molecule has 32 heavy (non-hydrogen) atoms. The molecule has 0 radical (unpaired) electrons. The Morgan fingerprint density at radius 2 is 1.53 bits per heavy atom. The molecule has 0 aromatic heterocycles. The van der Waals surface area contributed by atoms with Gasteiger partial charge in [-0.2, -0.15) is 0 Å². The molecule has 0 saturated heterocycles. The average molecular weight is 449 g/mol. The van der Waals surface area contributed by atoms with Crippen LogP contribution in [0.2, 0.25) is 0 Å². The van der Waals surface area contributed by atoms with E-state index in [1.807, 2.05) is 0 Å². The first-order valence-corrected chi connectivity index (χ1v) is 10.5. The normalized spacial score (nSPS) is 12.2. The van der Waals surface area contributed by atoms with Crippen molar-refractivity contribution in [2.75, 3.05) is 27.4 Å². The van der Waals surface area contributed by atoms with Crippen LogP contribution in [0.3, 0.4) is 0 Å². The molecule has 0 aliphatic heterocycles. The fraction of sp³-hybridized carbons (Fsp3) is 0.444. The van der Waals surface area contributed by atoms with Gasteiger partial charge in [-0.25, -0.2) is 4.39 Å². The van der Waals surface area contributed by atoms with Gasteiger partial charge in [-0.05, 0) is 54.1 Å². The number of allylic oxidation sites excluding steroid dienone is 7. The van der Waals surface area contributed by atoms with Crippen LogP contribution in [0.1, 0.15) is 40.5 Å². The number of hydrogen-bond donors (Lipinski definition) is 0. The summed E-state index contributed by atoms with van der Waals surface area (Å²) in [5.41, 5.74) is 1.86. The summed E-state index contributed by atoms with van der Waals surface area (Å²) < 4.78 is 30.2. The van der Waals surface area contributed by atoms with E-state index in [0.29, 0.717) is 41.8 Å². The van der Waals surface area contributed by atoms with Gasteiger partial charge in [0.1, 0.15) is 18.7 Å². The van der Waals surface area contributed by atoms with E-state index in [2.05, 4.69) is 53.7 Å². The molecule has 0 N–H and O–H groups in total. The maximum absolute atomic E-state index is 14.6. The van der Waals surface area contributed by atoms with Crippen LogP contribution in [0, 0.1) is 11.8 Å². The highest BCUT2D eigenvalue weighted by atomic mass is 19.1. The Labute approximate surface area is 194 Å². The molecule has 1 atom stereocenters. The van der Waals surface area contributed by atoms with Gasteiger partial charge < -0.3 is 14.2 Å². The van der Waals surface area contributed by atoms with E-state index in [0.717, 1.165) is 24.7 Å². The van der Waals surface area contributed by atoms with E-state index in [4.69, 9.17) is 14.2 Å². The van der Waals surface area contributed by atoms with E-state index in [1.165, 1.54) is 13.2 Å². The lowest BCUT2D eigenvalue weighted by Gasteiger charge is -2.15. The van der Waals surface area contributed by atoms with E-state index < -0.39 is 5.83 Å². The van der Waals surface area contributed by atoms with Crippen molar-refractivity contribution in [3.05, 3.63) is 84.7 Å². The van der Waals surface area contributed by atoms with Crippen LogP contribution in [-0.4, -0.2) is 33.7 Å². The summed E-state index contributed by atoms with van der Waals surface area (Å²) in [6.07, 6.45) is 5.76. The molecule has 0 heterocycles. The van der Waals surface area contributed by atoms with E-state index >= 15 is 0 Å². The first kappa shape index (κ1) is 31.5. The lowest BCUT2D eigenvalue weighted by atomic mass is 9.92. The molecule has 0 aromatic carbocycles. The smallest absolute Gasteiger partial charge is 0.161 e. The largest absolute Gasteiger partial charge is 0.493 e. The minimum absolute atomic E-state index is 0.170. The molecule has 0 aliphatic carbocycles. The summed E-state index contributed by atoms with van der Waals surface area (Å²) in [4.78, 5) is 9.41. The molecule has 1 unspecified atom stereocenters. The topological polar surface area (TPSA) is 44.8 Å². The third-order valence-electron chi connectivity index (χ3n) is 4.37. The van der Waals surface area contributed by atoms with Crippen LogP contribution >= 0.6 is 0 Å². The summed E-state index contributed by atoms with van der Waals surface area (Å²) in [5, 5.41) is 0. The Kier molecular flexibility index (Phi) is 17.7. The van der Waals surface area contributed by atoms with Gasteiger partial charge >= 0.3 is 0 Å². The summed E-state index contributed by atoms with van der Waals surface area (Å²) in [6.45, 7) is 27.5. The quantitative estimate of drug-likeness (QED) is 0.0885. The number of ether oxygens (including phenoxy) is 3. The number of aldehydes is 1. The molecule has 0 aromatic rings. The second kappa shape index (κ2) is 18.0. The van der Waals surface area contributed by atoms with Gasteiger partial charge in [-0.3, -0.25) is 4.79 Å². The maximum Gasteiger partial charge on any atom is 0.161 e. The van der Waals surface area contributed by atoms with Crippen molar-refractivity contribution < 1.29 is 23.4 Å². The van der Waals surface area contributed by atoms with Gasteiger partial charge in [0.2, 0.25) is 0 Å². The predicted molar refractivity (Wildman–Crippen MR) is 133 cm³/mol. The van der Waals surface area contributed by atoms with Crippen molar-refractivity contribution in [1.29, 1.82) is 0 Å². The van der Waals surface area contributed by atoms with Crippen LogP contribution in [0.25, 0.3) is 0 Å². The average Bonchev–Trinajstić information content (AvgIpc) is 2.75. The summed E-state index contributed by atoms with van der Waals surface area (Å²) in [7, 11) is 3.06. The van der Waals surface area contributed by atoms with Crippen molar-refractivity contribution in [1.82, 2.24) is 0 Å². The summed E-state index contributed by atoms with van der Waals surface area (Å²) in [6, 6.07) is 0. The molecule has 4 nitrogen and oxygen atoms in total. The highest BCUT2D eigenvalue weighted by Crippen LogP contribution is 2.26. The SMILES string of the molecule is C=C(/C=C(/OCCOC)C(=C)OC)C(=C)/C(F)=C\C(=C)C(C)CCC(C)C.C=C(C)C=O. The van der Waals surface area contributed by atoms with Crippen molar-refractivity contribution in [2.45, 2.75) is 40.5 Å². The molecule has 0 bridgehead atoms. The second-order valence-electron chi connectivity index (χ2n) is 7.88. The fourth-order valence-corrected chi connectivity index (χ4v) is 2.10. The molecule has 0 amide bonds. The highest BCUT2D eigenvalue weighted by molar-refractivity contribution is 5.70. The molecule has 0 rings (SSSR count). The van der Waals surface area contributed by atoms with Gasteiger partial charge in [-0.15, -0.1) is 0 Å². The zero-order chi connectivity index (χ0) is 25.3. The Balaban J connectivity index is 0. The summed E-state index contributed by atoms with van der Waals surface area (Å²) in [5.74, 6) is 1.03. The minimum atomic E-state index is -0.461. The number of hydrogen-bond acceptors (Lipinski definition) is 4. The van der Waals surface area contributed by atoms with Gasteiger partial charge in [0, 0.05) is 12.7 Å². The maximum atomic E-state index is 14.6. The van der Waals surface area contributed by atoms with Crippen molar-refractivity contribution in [2.24, 2.45) is 11.8 Å². The molecule has 5 heteroatoms. The van der Waals surface area contributed by atoms with Crippen molar-refractivity contribution in [3.63, 3.8) is 0 Å². The van der Waals surface area contributed by atoms with E-state index in [9.17, 15) is 9.18 Å². The van der Waals surface area contributed by atoms with Crippen LogP contribution in [-0.2, 0) is 19.0 Å². The first-order valence-electron chi connectivity index (χ1n) is 10.5. The van der Waals surface area contributed by atoms with Gasteiger partial charge in [0.15, 0.2) is 11.5 Å². The minimum Gasteiger partial charge on any atom is -0.493 e. The van der Waals surface area contributed by atoms with E-state index in [1.54, 1.807) is 20.1 Å². The number of carbonyl (C=O) groups excluding carboxylic acids is 1. The van der Waals surface area contributed by atoms with E-state index in [-0.39, 0.29) is 11.5 Å². The first-order chi connectivity index (χ1) is 14.9. The number of methoxy groups -OCH3 is 2. The molecular weight excluding hydrogens is 407 g/mol. The second-order valence-corrected chi connectivity index (χ2v) is 7.88. The monoisotopic (exact) mass is 448 g/mol. The zero-order valence-corrected chi connectivity index (χ0v) is 20.8. The van der Waals surface area contributed by atoms with Crippen LogP contribution in [0.15, 0.2) is 84.7 Å². The number of carbonyl (C=O) groups is 1. The number of rotatable bonds is 15. The third kappa shape index (κ3) is 15.2. The van der Waals surface area contributed by atoms with Crippen molar-refractivity contribution >= 4 is 6.29 Å². The Bertz CT molecular complexity index is 726. The molecule has 0 spiro atoms. The molecule has 0 aliphatic rings. The molecular formula is C27H41FO4. The number of halogens is 1. The Morgan fingerprint density at radius 3 is 1.97 bits per heavy atom. The lowest BCUT2D eigenvalue weighted by Crippen LogP contribution is -2.05. The molecule has 180 valence electrons. The third-order valence-corrected chi connectivity index (χ3v) is 4.37. The zero-order valence-electron chi connectivity index (χ0n) is 20.8.